The number of aromatic nitrogens is 4. The Kier molecular flexibility index (Phi) is 5.54. The van der Waals surface area contributed by atoms with E-state index in [1.807, 2.05) is 4.57 Å². The molecular weight excluding hydrogens is 378 g/mol. The first kappa shape index (κ1) is 20.4. The normalized spacial score (nSPS) is 13.8. The summed E-state index contributed by atoms with van der Waals surface area (Å²) in [6.07, 6.45) is 5.02. The van der Waals surface area contributed by atoms with Gasteiger partial charge in [-0.1, -0.05) is 32.3 Å². The SMILES string of the molecule is CCCCCCn1c(=O)c2c(nc3n2CCCN3c2cc(C)cc(C)c2)n(C)c1=O. The van der Waals surface area contributed by atoms with Gasteiger partial charge in [0.05, 0.1) is 0 Å². The summed E-state index contributed by atoms with van der Waals surface area (Å²) in [6.45, 7) is 8.36. The molecule has 0 amide bonds. The van der Waals surface area contributed by atoms with Gasteiger partial charge in [-0.05, 0) is 49.9 Å². The zero-order chi connectivity index (χ0) is 21.4. The Labute approximate surface area is 176 Å². The second-order valence-electron chi connectivity index (χ2n) is 8.45. The lowest BCUT2D eigenvalue weighted by atomic mass is 10.1. The monoisotopic (exact) mass is 409 g/mol. The predicted octanol–water partition coefficient (Wildman–Crippen LogP) is 3.64. The number of nitrogens with zero attached hydrogens (tertiary/aromatic N) is 5. The van der Waals surface area contributed by atoms with E-state index in [9.17, 15) is 9.59 Å². The van der Waals surface area contributed by atoms with Crippen molar-refractivity contribution in [2.45, 2.75) is 66.0 Å². The fraction of sp³-hybridized carbons (Fsp3) is 0.522. The van der Waals surface area contributed by atoms with Crippen molar-refractivity contribution in [3.8, 4) is 0 Å². The minimum Gasteiger partial charge on any atom is -0.312 e. The molecule has 3 heterocycles. The standard InChI is InChI=1S/C23H31N5O2/c1-5-6-7-8-10-28-21(29)19-20(25(4)23(28)30)24-22-26(11-9-12-27(19)22)18-14-16(2)13-17(3)15-18/h13-15H,5-12H2,1-4H3. The van der Waals surface area contributed by atoms with Crippen molar-refractivity contribution in [3.05, 3.63) is 50.2 Å². The lowest BCUT2D eigenvalue weighted by molar-refractivity contribution is 0.536. The van der Waals surface area contributed by atoms with Gasteiger partial charge < -0.3 is 9.47 Å². The molecule has 0 unspecified atom stereocenters. The van der Waals surface area contributed by atoms with Gasteiger partial charge in [0.2, 0.25) is 5.95 Å². The Morgan fingerprint density at radius 3 is 2.43 bits per heavy atom. The maximum absolute atomic E-state index is 13.3. The van der Waals surface area contributed by atoms with Gasteiger partial charge in [-0.3, -0.25) is 13.9 Å². The number of hydrogen-bond acceptors (Lipinski definition) is 4. The van der Waals surface area contributed by atoms with Gasteiger partial charge in [-0.2, -0.15) is 4.98 Å². The minimum atomic E-state index is -0.280. The van der Waals surface area contributed by atoms with Crippen LogP contribution in [-0.2, 0) is 20.1 Å². The number of rotatable bonds is 6. The maximum Gasteiger partial charge on any atom is 0.332 e. The van der Waals surface area contributed by atoms with Crippen molar-refractivity contribution in [2.24, 2.45) is 7.05 Å². The third-order valence-corrected chi connectivity index (χ3v) is 5.97. The third-order valence-electron chi connectivity index (χ3n) is 5.97. The molecule has 1 aliphatic heterocycles. The predicted molar refractivity (Wildman–Crippen MR) is 121 cm³/mol. The van der Waals surface area contributed by atoms with Crippen molar-refractivity contribution in [3.63, 3.8) is 0 Å². The molecular formula is C23H31N5O2. The quantitative estimate of drug-likeness (QED) is 0.583. The molecule has 3 aromatic rings. The Hall–Kier alpha value is -2.83. The Balaban J connectivity index is 1.85. The first-order valence-electron chi connectivity index (χ1n) is 11.0. The van der Waals surface area contributed by atoms with Crippen LogP contribution in [0.4, 0.5) is 11.6 Å². The van der Waals surface area contributed by atoms with E-state index in [0.29, 0.717) is 17.7 Å². The number of hydrogen-bond donors (Lipinski definition) is 0. The fourth-order valence-corrected chi connectivity index (χ4v) is 4.51. The van der Waals surface area contributed by atoms with E-state index in [2.05, 4.69) is 43.9 Å². The molecule has 0 fully saturated rings. The van der Waals surface area contributed by atoms with Gasteiger partial charge in [0.1, 0.15) is 0 Å². The molecule has 30 heavy (non-hydrogen) atoms. The molecule has 2 aromatic heterocycles. The van der Waals surface area contributed by atoms with Crippen LogP contribution in [0, 0.1) is 13.8 Å². The number of unbranched alkanes of at least 4 members (excludes halogenated alkanes) is 3. The lowest BCUT2D eigenvalue weighted by Crippen LogP contribution is -2.40. The van der Waals surface area contributed by atoms with Crippen LogP contribution < -0.4 is 16.1 Å². The van der Waals surface area contributed by atoms with Crippen LogP contribution in [0.5, 0.6) is 0 Å². The van der Waals surface area contributed by atoms with E-state index in [1.54, 1.807) is 7.05 Å². The highest BCUT2D eigenvalue weighted by atomic mass is 16.2. The van der Waals surface area contributed by atoms with E-state index in [-0.39, 0.29) is 11.2 Å². The second-order valence-corrected chi connectivity index (χ2v) is 8.45. The Morgan fingerprint density at radius 1 is 1.00 bits per heavy atom. The van der Waals surface area contributed by atoms with Crippen LogP contribution in [0.25, 0.3) is 11.2 Å². The molecule has 1 aromatic carbocycles. The van der Waals surface area contributed by atoms with Crippen LogP contribution in [0.1, 0.15) is 50.2 Å². The summed E-state index contributed by atoms with van der Waals surface area (Å²) in [5.41, 5.74) is 3.98. The highest BCUT2D eigenvalue weighted by molar-refractivity contribution is 5.77. The van der Waals surface area contributed by atoms with E-state index in [1.165, 1.54) is 20.3 Å². The summed E-state index contributed by atoms with van der Waals surface area (Å²) in [7, 11) is 1.72. The molecule has 7 heteroatoms. The summed E-state index contributed by atoms with van der Waals surface area (Å²) in [4.78, 5) is 33.2. The van der Waals surface area contributed by atoms with Crippen molar-refractivity contribution in [1.29, 1.82) is 0 Å². The van der Waals surface area contributed by atoms with Crippen LogP contribution in [0.15, 0.2) is 27.8 Å². The fourth-order valence-electron chi connectivity index (χ4n) is 4.51. The van der Waals surface area contributed by atoms with Crippen LogP contribution in [-0.4, -0.2) is 25.2 Å². The number of fused-ring (bicyclic) bond motifs is 3. The largest absolute Gasteiger partial charge is 0.332 e. The molecule has 0 saturated carbocycles. The summed E-state index contributed by atoms with van der Waals surface area (Å²) in [6, 6.07) is 6.44. The zero-order valence-corrected chi connectivity index (χ0v) is 18.4. The van der Waals surface area contributed by atoms with E-state index in [4.69, 9.17) is 4.98 Å². The molecule has 0 bridgehead atoms. The molecule has 160 valence electrons. The summed E-state index contributed by atoms with van der Waals surface area (Å²) >= 11 is 0. The van der Waals surface area contributed by atoms with E-state index < -0.39 is 0 Å². The summed E-state index contributed by atoms with van der Waals surface area (Å²) < 4.78 is 4.92. The lowest BCUT2D eigenvalue weighted by Gasteiger charge is -2.29. The molecule has 0 N–H and O–H groups in total. The smallest absolute Gasteiger partial charge is 0.312 e. The molecule has 0 aliphatic carbocycles. The van der Waals surface area contributed by atoms with E-state index in [0.717, 1.165) is 56.8 Å². The topological polar surface area (TPSA) is 65.1 Å². The average Bonchev–Trinajstić information content (AvgIpc) is 3.11. The van der Waals surface area contributed by atoms with E-state index >= 15 is 0 Å². The van der Waals surface area contributed by atoms with Crippen LogP contribution >= 0.6 is 0 Å². The molecule has 1 aliphatic rings. The number of imidazole rings is 1. The van der Waals surface area contributed by atoms with Crippen LogP contribution in [0.3, 0.4) is 0 Å². The zero-order valence-electron chi connectivity index (χ0n) is 18.4. The highest BCUT2D eigenvalue weighted by Crippen LogP contribution is 2.32. The number of anilines is 2. The van der Waals surface area contributed by atoms with Gasteiger partial charge in [0.15, 0.2) is 11.2 Å². The third kappa shape index (κ3) is 3.46. The summed E-state index contributed by atoms with van der Waals surface area (Å²) in [5.74, 6) is 0.747. The van der Waals surface area contributed by atoms with Gasteiger partial charge >= 0.3 is 5.69 Å². The molecule has 0 atom stereocenters. The molecule has 4 rings (SSSR count). The van der Waals surface area contributed by atoms with Crippen molar-refractivity contribution < 1.29 is 0 Å². The Morgan fingerprint density at radius 2 is 1.73 bits per heavy atom. The maximum atomic E-state index is 13.3. The minimum absolute atomic E-state index is 0.217. The van der Waals surface area contributed by atoms with Gasteiger partial charge in [0.25, 0.3) is 5.56 Å². The molecule has 0 spiro atoms. The Bertz CT molecular complexity index is 1180. The van der Waals surface area contributed by atoms with Gasteiger partial charge in [-0.15, -0.1) is 0 Å². The molecule has 0 saturated heterocycles. The first-order valence-corrected chi connectivity index (χ1v) is 11.0. The highest BCUT2D eigenvalue weighted by Gasteiger charge is 2.27. The first-order chi connectivity index (χ1) is 14.4. The van der Waals surface area contributed by atoms with Gasteiger partial charge in [0, 0.05) is 32.4 Å². The number of benzene rings is 1. The van der Waals surface area contributed by atoms with Crippen molar-refractivity contribution in [2.75, 3.05) is 11.4 Å². The summed E-state index contributed by atoms with van der Waals surface area (Å²) in [5, 5.41) is 0. The van der Waals surface area contributed by atoms with Gasteiger partial charge in [-0.25, -0.2) is 4.79 Å². The average molecular weight is 410 g/mol. The molecule has 7 nitrogen and oxygen atoms in total. The van der Waals surface area contributed by atoms with Crippen molar-refractivity contribution in [1.82, 2.24) is 18.7 Å². The van der Waals surface area contributed by atoms with Crippen LogP contribution in [0.2, 0.25) is 0 Å². The second kappa shape index (κ2) is 8.13. The number of aryl methyl sites for hydroxylation is 4. The van der Waals surface area contributed by atoms with Crippen molar-refractivity contribution >= 4 is 22.8 Å². The molecule has 0 radical (unpaired) electrons.